The van der Waals surface area contributed by atoms with E-state index in [4.69, 9.17) is 24.7 Å². The fraction of sp³-hybridized carbons (Fsp3) is 0.647. The minimum absolute atomic E-state index is 0.0932. The highest BCUT2D eigenvalue weighted by Crippen LogP contribution is 2.24. The molecule has 286 valence electrons. The molecular formula is C34H54N6O11. The van der Waals surface area contributed by atoms with E-state index in [1.54, 1.807) is 43.0 Å². The average molecular weight is 723 g/mol. The van der Waals surface area contributed by atoms with Gasteiger partial charge in [0.25, 0.3) is 0 Å². The van der Waals surface area contributed by atoms with Crippen LogP contribution in [0.5, 0.6) is 0 Å². The zero-order valence-corrected chi connectivity index (χ0v) is 29.9. The van der Waals surface area contributed by atoms with Crippen molar-refractivity contribution in [2.75, 3.05) is 65.2 Å². The molecule has 0 bridgehead atoms. The molecular weight excluding hydrogens is 668 g/mol. The number of rotatable bonds is 22. The number of methoxy groups -OCH3 is 1. The molecule has 0 aromatic heterocycles. The summed E-state index contributed by atoms with van der Waals surface area (Å²) < 4.78 is 21.1. The maximum Gasteiger partial charge on any atom is 0.312 e. The molecule has 0 radical (unpaired) electrons. The quantitative estimate of drug-likeness (QED) is 0.0690. The molecule has 0 aliphatic carbocycles. The first-order valence-corrected chi connectivity index (χ1v) is 17.1. The number of nitrogens with zero attached hydrogens (tertiary/aromatic N) is 1. The minimum atomic E-state index is -0.993. The molecule has 1 aromatic carbocycles. The number of nitrogens with two attached hydrogens (primary N) is 1. The van der Waals surface area contributed by atoms with E-state index in [0.29, 0.717) is 37.1 Å². The molecule has 2 unspecified atom stereocenters. The number of benzene rings is 1. The van der Waals surface area contributed by atoms with Gasteiger partial charge in [0, 0.05) is 24.8 Å². The van der Waals surface area contributed by atoms with Crippen LogP contribution in [0.3, 0.4) is 0 Å². The maximum atomic E-state index is 13.3. The Bertz CT molecular complexity index is 1280. The largest absolute Gasteiger partial charge is 0.469 e. The number of esters is 1. The predicted molar refractivity (Wildman–Crippen MR) is 185 cm³/mol. The highest BCUT2D eigenvalue weighted by Gasteiger charge is 2.33. The first-order valence-electron chi connectivity index (χ1n) is 17.1. The van der Waals surface area contributed by atoms with Crippen LogP contribution in [0.25, 0.3) is 0 Å². The number of carbonyl (C=O) groups excluding carboxylic acids is 6. The van der Waals surface area contributed by atoms with Crippen molar-refractivity contribution in [2.24, 2.45) is 17.6 Å². The van der Waals surface area contributed by atoms with Crippen LogP contribution in [0.1, 0.15) is 52.0 Å². The van der Waals surface area contributed by atoms with Gasteiger partial charge in [-0.25, -0.2) is 4.79 Å². The molecule has 6 amide bonds. The first-order chi connectivity index (χ1) is 24.4. The number of primary amides is 1. The zero-order valence-electron chi connectivity index (χ0n) is 29.9. The van der Waals surface area contributed by atoms with Crippen molar-refractivity contribution in [3.8, 4) is 0 Å². The number of anilines is 1. The Morgan fingerprint density at radius 2 is 1.59 bits per heavy atom. The summed E-state index contributed by atoms with van der Waals surface area (Å²) in [6, 6.07) is 3.79. The number of piperidine rings is 1. The summed E-state index contributed by atoms with van der Waals surface area (Å²) in [6.07, 6.45) is 1.61. The lowest BCUT2D eigenvalue weighted by Gasteiger charge is -2.36. The van der Waals surface area contributed by atoms with Crippen molar-refractivity contribution >= 4 is 41.3 Å². The summed E-state index contributed by atoms with van der Waals surface area (Å²) in [4.78, 5) is 76.1. The van der Waals surface area contributed by atoms with Crippen LogP contribution in [-0.4, -0.2) is 124 Å². The fourth-order valence-corrected chi connectivity index (χ4v) is 5.39. The van der Waals surface area contributed by atoms with Gasteiger partial charge in [0.1, 0.15) is 25.3 Å². The topological polar surface area (TPSA) is 237 Å². The lowest BCUT2D eigenvalue weighted by atomic mass is 9.91. The molecule has 17 heteroatoms. The Balaban J connectivity index is 1.72. The summed E-state index contributed by atoms with van der Waals surface area (Å²) in [5, 5.41) is 19.8. The van der Waals surface area contributed by atoms with Crippen molar-refractivity contribution in [2.45, 2.75) is 71.2 Å². The number of aliphatic hydroxyl groups is 1. The summed E-state index contributed by atoms with van der Waals surface area (Å²) in [7, 11) is 1.36. The van der Waals surface area contributed by atoms with Gasteiger partial charge in [-0.15, -0.1) is 0 Å². The molecule has 2 rings (SSSR count). The molecule has 7 N–H and O–H groups in total. The molecule has 51 heavy (non-hydrogen) atoms. The lowest BCUT2D eigenvalue weighted by molar-refractivity contribution is -0.151. The normalized spacial score (nSPS) is 16.9. The number of urea groups is 1. The molecule has 1 aliphatic heterocycles. The van der Waals surface area contributed by atoms with Crippen LogP contribution >= 0.6 is 0 Å². The van der Waals surface area contributed by atoms with Gasteiger partial charge in [0.2, 0.25) is 23.6 Å². The molecule has 0 spiro atoms. The number of hydrogen-bond acceptors (Lipinski definition) is 11. The SMILES string of the molecule is COC(=O)C1CCN(C(=O)COCCOCCOCC(=O)N[C@H](C(=O)N[C@@H](CCCNC(N)=O)C(=O)Nc2ccc(CO)cc2)C(C)C)C(C)C1. The Kier molecular flexibility index (Phi) is 19.5. The number of likely N-dealkylation sites (tertiary alicyclic amines) is 1. The van der Waals surface area contributed by atoms with Gasteiger partial charge in [-0.3, -0.25) is 24.0 Å². The third-order valence-electron chi connectivity index (χ3n) is 8.21. The minimum Gasteiger partial charge on any atom is -0.469 e. The monoisotopic (exact) mass is 722 g/mol. The van der Waals surface area contributed by atoms with Crippen LogP contribution in [-0.2, 0) is 49.5 Å². The lowest BCUT2D eigenvalue weighted by Crippen LogP contribution is -2.55. The van der Waals surface area contributed by atoms with E-state index in [1.165, 1.54) is 7.11 Å². The van der Waals surface area contributed by atoms with E-state index in [9.17, 15) is 33.9 Å². The third kappa shape index (κ3) is 16.1. The molecule has 1 saturated heterocycles. The van der Waals surface area contributed by atoms with E-state index in [0.717, 1.165) is 0 Å². The third-order valence-corrected chi connectivity index (χ3v) is 8.21. The molecule has 17 nitrogen and oxygen atoms in total. The maximum absolute atomic E-state index is 13.3. The summed E-state index contributed by atoms with van der Waals surface area (Å²) >= 11 is 0. The van der Waals surface area contributed by atoms with Gasteiger partial charge in [-0.05, 0) is 56.2 Å². The van der Waals surface area contributed by atoms with E-state index in [-0.39, 0.29) is 89.0 Å². The van der Waals surface area contributed by atoms with Gasteiger partial charge < -0.3 is 56.0 Å². The second kappa shape index (κ2) is 23.2. The van der Waals surface area contributed by atoms with Crippen LogP contribution < -0.4 is 27.0 Å². The number of carbonyl (C=O) groups is 6. The zero-order chi connectivity index (χ0) is 37.8. The Morgan fingerprint density at radius 3 is 2.18 bits per heavy atom. The van der Waals surface area contributed by atoms with Crippen molar-refractivity contribution in [3.05, 3.63) is 29.8 Å². The fourth-order valence-electron chi connectivity index (χ4n) is 5.39. The second-order valence-corrected chi connectivity index (χ2v) is 12.5. The Hall–Kier alpha value is -4.32. The van der Waals surface area contributed by atoms with Crippen LogP contribution in [0, 0.1) is 11.8 Å². The highest BCUT2D eigenvalue weighted by atomic mass is 16.5. The molecule has 1 aromatic rings. The average Bonchev–Trinajstić information content (AvgIpc) is 3.10. The number of aliphatic hydroxyl groups excluding tert-OH is 1. The van der Waals surface area contributed by atoms with E-state index < -0.39 is 35.8 Å². The van der Waals surface area contributed by atoms with Crippen molar-refractivity contribution in [3.63, 3.8) is 0 Å². The van der Waals surface area contributed by atoms with Crippen LogP contribution in [0.4, 0.5) is 10.5 Å². The number of hydrogen-bond donors (Lipinski definition) is 6. The second-order valence-electron chi connectivity index (χ2n) is 12.5. The Labute approximate surface area is 298 Å². The molecule has 0 saturated carbocycles. The first kappa shape index (κ1) is 42.8. The van der Waals surface area contributed by atoms with Gasteiger partial charge in [0.15, 0.2) is 0 Å². The highest BCUT2D eigenvalue weighted by molar-refractivity contribution is 5.98. The molecule has 1 fully saturated rings. The van der Waals surface area contributed by atoms with Crippen molar-refractivity contribution < 1.29 is 52.8 Å². The van der Waals surface area contributed by atoms with Gasteiger partial charge >= 0.3 is 12.0 Å². The number of ether oxygens (including phenoxy) is 4. The summed E-state index contributed by atoms with van der Waals surface area (Å²) in [6.45, 7) is 6.11. The smallest absolute Gasteiger partial charge is 0.312 e. The van der Waals surface area contributed by atoms with Crippen molar-refractivity contribution in [1.29, 1.82) is 0 Å². The summed E-state index contributed by atoms with van der Waals surface area (Å²) in [5.74, 6) is -2.55. The molecule has 1 heterocycles. The molecule has 1 aliphatic rings. The van der Waals surface area contributed by atoms with Crippen LogP contribution in [0.2, 0.25) is 0 Å². The van der Waals surface area contributed by atoms with Gasteiger partial charge in [-0.2, -0.15) is 0 Å². The van der Waals surface area contributed by atoms with Gasteiger partial charge in [-0.1, -0.05) is 26.0 Å². The van der Waals surface area contributed by atoms with E-state index in [1.807, 2.05) is 6.92 Å². The number of amides is 6. The van der Waals surface area contributed by atoms with Gasteiger partial charge in [0.05, 0.1) is 46.1 Å². The van der Waals surface area contributed by atoms with Crippen molar-refractivity contribution in [1.82, 2.24) is 20.9 Å². The van der Waals surface area contributed by atoms with E-state index >= 15 is 0 Å². The standard InChI is InChI=1S/C34H54N6O11/c1-22(2)30(32(45)38-27(6-5-12-36-34(35)47)31(44)37-26-9-7-24(19-41)8-10-26)39-28(42)20-50-16-14-49-15-17-51-21-29(43)40-13-11-25(18-23(40)3)33(46)48-4/h7-10,22-23,25,27,30,41H,5-6,11-21H2,1-4H3,(H,37,44)(H,38,45)(H,39,42)(H3,35,36,47)/t23?,25?,27-,30-/m0/s1. The van der Waals surface area contributed by atoms with E-state index in [2.05, 4.69) is 21.3 Å². The number of nitrogens with one attached hydrogen (secondary N) is 4. The van der Waals surface area contributed by atoms with Crippen LogP contribution in [0.15, 0.2) is 24.3 Å². The Morgan fingerprint density at radius 1 is 0.941 bits per heavy atom. The molecule has 4 atom stereocenters. The summed E-state index contributed by atoms with van der Waals surface area (Å²) in [5.41, 5.74) is 6.25. The predicted octanol–water partition coefficient (Wildman–Crippen LogP) is 0.0414.